The lowest BCUT2D eigenvalue weighted by atomic mass is 9.73. The van der Waals surface area contributed by atoms with Crippen LogP contribution in [0, 0.1) is 16.7 Å². The van der Waals surface area contributed by atoms with Gasteiger partial charge in [0, 0.05) is 0 Å². The summed E-state index contributed by atoms with van der Waals surface area (Å²) in [5.41, 5.74) is -0.190. The van der Waals surface area contributed by atoms with E-state index in [-0.39, 0.29) is 11.4 Å². The molecule has 0 spiro atoms. The van der Waals surface area contributed by atoms with E-state index in [1.165, 1.54) is 24.8 Å². The zero-order chi connectivity index (χ0) is 23.8. The van der Waals surface area contributed by atoms with Gasteiger partial charge in [-0.2, -0.15) is 0 Å². The van der Waals surface area contributed by atoms with Gasteiger partial charge in [-0.1, -0.05) is 69.9 Å². The Balaban J connectivity index is 2.03. The SMILES string of the molecule is CC(C)(CCC(C)(CCCC(C)(C)c1ccccc1)C(=O)OCC1CCCCC1)C(=O)O. The minimum absolute atomic E-state index is 0.0223. The molecule has 180 valence electrons. The highest BCUT2D eigenvalue weighted by molar-refractivity contribution is 5.77. The Hall–Kier alpha value is -1.84. The van der Waals surface area contributed by atoms with Crippen molar-refractivity contribution in [3.05, 3.63) is 35.9 Å². The average molecular weight is 445 g/mol. The molecule has 0 radical (unpaired) electrons. The van der Waals surface area contributed by atoms with Crippen LogP contribution in [0.3, 0.4) is 0 Å². The summed E-state index contributed by atoms with van der Waals surface area (Å²) in [6.07, 6.45) is 9.56. The van der Waals surface area contributed by atoms with Crippen LogP contribution in [-0.2, 0) is 19.7 Å². The summed E-state index contributed by atoms with van der Waals surface area (Å²) in [6, 6.07) is 10.5. The van der Waals surface area contributed by atoms with Crippen LogP contribution in [0.2, 0.25) is 0 Å². The van der Waals surface area contributed by atoms with Gasteiger partial charge in [-0.25, -0.2) is 0 Å². The maximum absolute atomic E-state index is 13.3. The number of rotatable bonds is 12. The molecule has 0 saturated heterocycles. The van der Waals surface area contributed by atoms with Crippen molar-refractivity contribution in [3.63, 3.8) is 0 Å². The fraction of sp³-hybridized carbons (Fsp3) is 0.714. The monoisotopic (exact) mass is 444 g/mol. The van der Waals surface area contributed by atoms with E-state index in [4.69, 9.17) is 4.74 Å². The minimum atomic E-state index is -0.853. The summed E-state index contributed by atoms with van der Waals surface area (Å²) in [7, 11) is 0. The lowest BCUT2D eigenvalue weighted by Crippen LogP contribution is -2.35. The van der Waals surface area contributed by atoms with Crippen LogP contribution in [0.15, 0.2) is 30.3 Å². The van der Waals surface area contributed by atoms with Crippen LogP contribution >= 0.6 is 0 Å². The van der Waals surface area contributed by atoms with Gasteiger partial charge in [-0.3, -0.25) is 9.59 Å². The van der Waals surface area contributed by atoms with Crippen molar-refractivity contribution in [3.8, 4) is 0 Å². The third kappa shape index (κ3) is 7.64. The maximum Gasteiger partial charge on any atom is 0.311 e. The molecule has 4 nitrogen and oxygen atoms in total. The molecule has 0 aliphatic heterocycles. The van der Waals surface area contributed by atoms with Crippen LogP contribution < -0.4 is 0 Å². The number of carbonyl (C=O) groups is 2. The molecule has 1 fully saturated rings. The average Bonchev–Trinajstić information content (AvgIpc) is 2.77. The summed E-state index contributed by atoms with van der Waals surface area (Å²) in [6.45, 7) is 10.4. The summed E-state index contributed by atoms with van der Waals surface area (Å²) in [5, 5.41) is 9.54. The van der Waals surface area contributed by atoms with Gasteiger partial charge >= 0.3 is 11.9 Å². The molecule has 32 heavy (non-hydrogen) atoms. The van der Waals surface area contributed by atoms with E-state index in [0.717, 1.165) is 25.7 Å². The van der Waals surface area contributed by atoms with Crippen LogP contribution in [0.25, 0.3) is 0 Å². The van der Waals surface area contributed by atoms with E-state index in [2.05, 4.69) is 38.1 Å². The molecule has 1 aliphatic rings. The van der Waals surface area contributed by atoms with Gasteiger partial charge < -0.3 is 9.84 Å². The second kappa shape index (κ2) is 11.3. The van der Waals surface area contributed by atoms with Crippen molar-refractivity contribution in [2.75, 3.05) is 6.61 Å². The third-order valence-electron chi connectivity index (χ3n) is 7.63. The van der Waals surface area contributed by atoms with Gasteiger partial charge in [-0.15, -0.1) is 0 Å². The fourth-order valence-corrected chi connectivity index (χ4v) is 4.70. The zero-order valence-corrected chi connectivity index (χ0v) is 20.9. The van der Waals surface area contributed by atoms with Crippen molar-refractivity contribution in [2.24, 2.45) is 16.7 Å². The second-order valence-corrected chi connectivity index (χ2v) is 11.5. The highest BCUT2D eigenvalue weighted by Crippen LogP contribution is 2.39. The van der Waals surface area contributed by atoms with Gasteiger partial charge in [-0.05, 0) is 76.2 Å². The molecule has 1 saturated carbocycles. The Morgan fingerprint density at radius 2 is 1.53 bits per heavy atom. The molecule has 4 heteroatoms. The number of esters is 1. The number of benzene rings is 1. The predicted molar refractivity (Wildman–Crippen MR) is 130 cm³/mol. The molecule has 0 amide bonds. The van der Waals surface area contributed by atoms with Crippen molar-refractivity contribution >= 4 is 11.9 Å². The topological polar surface area (TPSA) is 63.6 Å². The number of carbonyl (C=O) groups excluding carboxylic acids is 1. The Morgan fingerprint density at radius 1 is 0.906 bits per heavy atom. The molecule has 0 aromatic heterocycles. The number of hydrogen-bond donors (Lipinski definition) is 1. The Labute approximate surface area is 195 Å². The van der Waals surface area contributed by atoms with Crippen molar-refractivity contribution in [1.29, 1.82) is 0 Å². The molecule has 1 atom stereocenters. The first-order chi connectivity index (χ1) is 15.0. The quantitative estimate of drug-likeness (QED) is 0.348. The lowest BCUT2D eigenvalue weighted by molar-refractivity contribution is -0.159. The number of aliphatic carboxylic acids is 1. The van der Waals surface area contributed by atoms with E-state index in [1.54, 1.807) is 13.8 Å². The van der Waals surface area contributed by atoms with Crippen molar-refractivity contribution in [1.82, 2.24) is 0 Å². The predicted octanol–water partition coefficient (Wildman–Crippen LogP) is 7.16. The van der Waals surface area contributed by atoms with Crippen LogP contribution in [0.4, 0.5) is 0 Å². The fourth-order valence-electron chi connectivity index (χ4n) is 4.70. The molecule has 0 bridgehead atoms. The summed E-state index contributed by atoms with van der Waals surface area (Å²) in [4.78, 5) is 24.9. The molecular weight excluding hydrogens is 400 g/mol. The van der Waals surface area contributed by atoms with Crippen LogP contribution in [0.1, 0.15) is 104 Å². The van der Waals surface area contributed by atoms with Gasteiger partial charge in [0.25, 0.3) is 0 Å². The molecule has 1 aromatic carbocycles. The largest absolute Gasteiger partial charge is 0.481 e. The van der Waals surface area contributed by atoms with Crippen LogP contribution in [-0.4, -0.2) is 23.7 Å². The molecule has 2 rings (SSSR count). The molecule has 1 aromatic rings. The first kappa shape index (κ1) is 26.4. The highest BCUT2D eigenvalue weighted by atomic mass is 16.5. The standard InChI is InChI=1S/C28H44O4/c1-26(2,23-15-10-7-11-16-23)17-12-18-28(5,20-19-27(3,4)24(29)30)25(31)32-21-22-13-8-6-9-14-22/h7,10-11,15-16,22H,6,8-9,12-14,17-21H2,1-5H3,(H,29,30). The number of ether oxygens (including phenoxy) is 1. The summed E-state index contributed by atoms with van der Waals surface area (Å²) in [5.74, 6) is -0.494. The molecule has 0 heterocycles. The van der Waals surface area contributed by atoms with Gasteiger partial charge in [0.1, 0.15) is 0 Å². The minimum Gasteiger partial charge on any atom is -0.481 e. The first-order valence-corrected chi connectivity index (χ1v) is 12.4. The maximum atomic E-state index is 13.3. The molecule has 1 N–H and O–H groups in total. The summed E-state index contributed by atoms with van der Waals surface area (Å²) >= 11 is 0. The van der Waals surface area contributed by atoms with E-state index >= 15 is 0 Å². The van der Waals surface area contributed by atoms with Gasteiger partial charge in [0.2, 0.25) is 0 Å². The molecule has 1 aliphatic carbocycles. The molecular formula is C28H44O4. The summed E-state index contributed by atoms with van der Waals surface area (Å²) < 4.78 is 5.85. The van der Waals surface area contributed by atoms with Crippen LogP contribution in [0.5, 0.6) is 0 Å². The lowest BCUT2D eigenvalue weighted by Gasteiger charge is -2.33. The van der Waals surface area contributed by atoms with E-state index in [1.807, 2.05) is 13.0 Å². The van der Waals surface area contributed by atoms with E-state index in [0.29, 0.717) is 31.8 Å². The Bertz CT molecular complexity index is 731. The van der Waals surface area contributed by atoms with Gasteiger partial charge in [0.05, 0.1) is 17.4 Å². The normalized spacial score (nSPS) is 17.5. The number of hydrogen-bond acceptors (Lipinski definition) is 3. The highest BCUT2D eigenvalue weighted by Gasteiger charge is 2.39. The second-order valence-electron chi connectivity index (χ2n) is 11.5. The smallest absolute Gasteiger partial charge is 0.311 e. The molecule has 1 unspecified atom stereocenters. The van der Waals surface area contributed by atoms with Gasteiger partial charge in [0.15, 0.2) is 0 Å². The van der Waals surface area contributed by atoms with Crippen molar-refractivity contribution < 1.29 is 19.4 Å². The Kier molecular flexibility index (Phi) is 9.36. The Morgan fingerprint density at radius 3 is 2.12 bits per heavy atom. The zero-order valence-electron chi connectivity index (χ0n) is 20.9. The van der Waals surface area contributed by atoms with E-state index in [9.17, 15) is 14.7 Å². The van der Waals surface area contributed by atoms with Crippen molar-refractivity contribution in [2.45, 2.75) is 104 Å². The first-order valence-electron chi connectivity index (χ1n) is 12.4. The van der Waals surface area contributed by atoms with E-state index < -0.39 is 16.8 Å². The number of carboxylic acid groups (broad SMARTS) is 1. The number of carboxylic acids is 1. The third-order valence-corrected chi connectivity index (χ3v) is 7.63.